The molecule has 18 heavy (non-hydrogen) atoms. The number of nitrogens with two attached hydrogens (primary N) is 1. The Labute approximate surface area is 109 Å². The van der Waals surface area contributed by atoms with Gasteiger partial charge in [0.05, 0.1) is 33.3 Å². The van der Waals surface area contributed by atoms with Crippen LogP contribution in [0, 0.1) is 0 Å². The van der Waals surface area contributed by atoms with Gasteiger partial charge in [0.15, 0.2) is 0 Å². The van der Waals surface area contributed by atoms with Crippen molar-refractivity contribution in [2.24, 2.45) is 12.8 Å². The second-order valence-electron chi connectivity index (χ2n) is 4.32. The Morgan fingerprint density at radius 2 is 2.22 bits per heavy atom. The van der Waals surface area contributed by atoms with Crippen molar-refractivity contribution in [3.63, 3.8) is 0 Å². The van der Waals surface area contributed by atoms with Gasteiger partial charge in [-0.15, -0.1) is 11.3 Å². The SMILES string of the molecule is Cn1cncc1C(N)Cc1nc2ccccc2s1. The molecule has 0 radical (unpaired) electrons. The molecule has 0 amide bonds. The van der Waals surface area contributed by atoms with Crippen molar-refractivity contribution in [2.75, 3.05) is 0 Å². The maximum Gasteiger partial charge on any atom is 0.0958 e. The first-order valence-corrected chi connectivity index (χ1v) is 6.62. The lowest BCUT2D eigenvalue weighted by atomic mass is 10.2. The molecular formula is C13H14N4S. The summed E-state index contributed by atoms with van der Waals surface area (Å²) in [7, 11) is 1.96. The zero-order valence-electron chi connectivity index (χ0n) is 10.1. The number of nitrogens with zero attached hydrogens (tertiary/aromatic N) is 3. The van der Waals surface area contributed by atoms with E-state index in [0.29, 0.717) is 0 Å². The van der Waals surface area contributed by atoms with Gasteiger partial charge in [0.1, 0.15) is 0 Å². The summed E-state index contributed by atoms with van der Waals surface area (Å²) in [4.78, 5) is 8.69. The van der Waals surface area contributed by atoms with Crippen molar-refractivity contribution < 1.29 is 0 Å². The van der Waals surface area contributed by atoms with E-state index in [0.717, 1.165) is 22.6 Å². The molecule has 0 saturated carbocycles. The topological polar surface area (TPSA) is 56.7 Å². The molecule has 3 aromatic rings. The predicted molar refractivity (Wildman–Crippen MR) is 73.5 cm³/mol. The van der Waals surface area contributed by atoms with E-state index >= 15 is 0 Å². The van der Waals surface area contributed by atoms with Crippen LogP contribution in [-0.2, 0) is 13.5 Å². The number of hydrogen-bond donors (Lipinski definition) is 1. The van der Waals surface area contributed by atoms with Crippen LogP contribution in [0.25, 0.3) is 10.2 Å². The molecule has 1 unspecified atom stereocenters. The molecule has 0 spiro atoms. The third-order valence-corrected chi connectivity index (χ3v) is 4.03. The maximum absolute atomic E-state index is 6.20. The van der Waals surface area contributed by atoms with Crippen LogP contribution in [0.5, 0.6) is 0 Å². The van der Waals surface area contributed by atoms with Gasteiger partial charge in [0.2, 0.25) is 0 Å². The Balaban J connectivity index is 1.86. The third kappa shape index (κ3) is 2.02. The zero-order valence-corrected chi connectivity index (χ0v) is 10.9. The van der Waals surface area contributed by atoms with E-state index < -0.39 is 0 Å². The lowest BCUT2D eigenvalue weighted by Crippen LogP contribution is -2.16. The number of rotatable bonds is 3. The highest BCUT2D eigenvalue weighted by Crippen LogP contribution is 2.24. The van der Waals surface area contributed by atoms with Gasteiger partial charge < -0.3 is 10.3 Å². The second-order valence-corrected chi connectivity index (χ2v) is 5.43. The fourth-order valence-corrected chi connectivity index (χ4v) is 3.05. The fraction of sp³-hybridized carbons (Fsp3) is 0.231. The largest absolute Gasteiger partial charge is 0.336 e. The average molecular weight is 258 g/mol. The Bertz CT molecular complexity index is 637. The summed E-state index contributed by atoms with van der Waals surface area (Å²) in [5, 5.41) is 1.07. The first-order valence-electron chi connectivity index (χ1n) is 5.80. The Morgan fingerprint density at radius 3 is 2.94 bits per heavy atom. The van der Waals surface area contributed by atoms with Gasteiger partial charge in [-0.1, -0.05) is 12.1 Å². The summed E-state index contributed by atoms with van der Waals surface area (Å²) in [6, 6.07) is 8.10. The first kappa shape index (κ1) is 11.4. The van der Waals surface area contributed by atoms with Gasteiger partial charge in [-0.3, -0.25) is 0 Å². The molecule has 0 bridgehead atoms. The van der Waals surface area contributed by atoms with Gasteiger partial charge in [-0.25, -0.2) is 9.97 Å². The van der Waals surface area contributed by atoms with Crippen molar-refractivity contribution in [3.05, 3.63) is 47.5 Å². The molecule has 3 rings (SSSR count). The van der Waals surface area contributed by atoms with Crippen molar-refractivity contribution >= 4 is 21.6 Å². The van der Waals surface area contributed by atoms with E-state index in [4.69, 9.17) is 5.73 Å². The van der Waals surface area contributed by atoms with E-state index in [1.165, 1.54) is 4.70 Å². The number of aromatic nitrogens is 3. The van der Waals surface area contributed by atoms with Gasteiger partial charge in [0, 0.05) is 19.7 Å². The summed E-state index contributed by atoms with van der Waals surface area (Å²) in [6.45, 7) is 0. The molecule has 2 N–H and O–H groups in total. The molecule has 0 aliphatic heterocycles. The van der Waals surface area contributed by atoms with Gasteiger partial charge >= 0.3 is 0 Å². The normalized spacial score (nSPS) is 13.0. The van der Waals surface area contributed by atoms with E-state index in [9.17, 15) is 0 Å². The molecule has 0 aliphatic rings. The minimum Gasteiger partial charge on any atom is -0.336 e. The highest BCUT2D eigenvalue weighted by molar-refractivity contribution is 7.18. The van der Waals surface area contributed by atoms with Crippen LogP contribution in [0.4, 0.5) is 0 Å². The highest BCUT2D eigenvalue weighted by Gasteiger charge is 2.13. The van der Waals surface area contributed by atoms with Crippen LogP contribution in [0.1, 0.15) is 16.7 Å². The van der Waals surface area contributed by atoms with Crippen LogP contribution >= 0.6 is 11.3 Å². The zero-order chi connectivity index (χ0) is 12.5. The number of hydrogen-bond acceptors (Lipinski definition) is 4. The monoisotopic (exact) mass is 258 g/mol. The molecule has 5 heteroatoms. The number of thiazole rings is 1. The number of fused-ring (bicyclic) bond motifs is 1. The van der Waals surface area contributed by atoms with Gasteiger partial charge in [-0.05, 0) is 12.1 Å². The minimum atomic E-state index is -0.0573. The molecular weight excluding hydrogens is 244 g/mol. The van der Waals surface area contributed by atoms with Gasteiger partial charge in [-0.2, -0.15) is 0 Å². The van der Waals surface area contributed by atoms with Crippen LogP contribution in [0.2, 0.25) is 0 Å². The van der Waals surface area contributed by atoms with Crippen molar-refractivity contribution in [2.45, 2.75) is 12.5 Å². The van der Waals surface area contributed by atoms with E-state index in [1.807, 2.05) is 36.0 Å². The summed E-state index contributed by atoms with van der Waals surface area (Å²) in [5.41, 5.74) is 8.29. The first-order chi connectivity index (χ1) is 8.74. The Morgan fingerprint density at radius 1 is 1.39 bits per heavy atom. The number of benzene rings is 1. The molecule has 1 atom stereocenters. The molecule has 2 aromatic heterocycles. The number of para-hydroxylation sites is 1. The van der Waals surface area contributed by atoms with E-state index in [-0.39, 0.29) is 6.04 Å². The van der Waals surface area contributed by atoms with Gasteiger partial charge in [0.25, 0.3) is 0 Å². The summed E-state index contributed by atoms with van der Waals surface area (Å²) >= 11 is 1.71. The molecule has 0 aliphatic carbocycles. The number of imidazole rings is 1. The molecule has 0 saturated heterocycles. The maximum atomic E-state index is 6.20. The van der Waals surface area contributed by atoms with Crippen LogP contribution in [-0.4, -0.2) is 14.5 Å². The van der Waals surface area contributed by atoms with E-state index in [1.54, 1.807) is 17.7 Å². The molecule has 4 nitrogen and oxygen atoms in total. The summed E-state index contributed by atoms with van der Waals surface area (Å²) in [6.07, 6.45) is 4.34. The average Bonchev–Trinajstić information content (AvgIpc) is 2.94. The van der Waals surface area contributed by atoms with Crippen LogP contribution in [0.15, 0.2) is 36.8 Å². The molecule has 1 aromatic carbocycles. The lowest BCUT2D eigenvalue weighted by molar-refractivity contribution is 0.654. The summed E-state index contributed by atoms with van der Waals surface area (Å²) < 4.78 is 3.17. The summed E-state index contributed by atoms with van der Waals surface area (Å²) in [5.74, 6) is 0. The molecule has 92 valence electrons. The molecule has 0 fully saturated rings. The standard InChI is InChI=1S/C13H14N4S/c1-17-8-15-7-11(17)9(14)6-13-16-10-4-2-3-5-12(10)18-13/h2-5,7-9H,6,14H2,1H3. The lowest BCUT2D eigenvalue weighted by Gasteiger charge is -2.09. The third-order valence-electron chi connectivity index (χ3n) is 2.97. The second kappa shape index (κ2) is 4.51. The smallest absolute Gasteiger partial charge is 0.0958 e. The van der Waals surface area contributed by atoms with Crippen molar-refractivity contribution in [1.29, 1.82) is 0 Å². The number of aryl methyl sites for hydroxylation is 1. The van der Waals surface area contributed by atoms with Crippen molar-refractivity contribution in [3.8, 4) is 0 Å². The fourth-order valence-electron chi connectivity index (χ4n) is 2.02. The van der Waals surface area contributed by atoms with Crippen molar-refractivity contribution in [1.82, 2.24) is 14.5 Å². The minimum absolute atomic E-state index is 0.0573. The Hall–Kier alpha value is -1.72. The van der Waals surface area contributed by atoms with Crippen LogP contribution in [0.3, 0.4) is 0 Å². The van der Waals surface area contributed by atoms with E-state index in [2.05, 4.69) is 16.0 Å². The molecule has 2 heterocycles. The Kier molecular flexibility index (Phi) is 2.85. The highest BCUT2D eigenvalue weighted by atomic mass is 32.1. The van der Waals surface area contributed by atoms with Crippen LogP contribution < -0.4 is 5.73 Å². The quantitative estimate of drug-likeness (QED) is 0.784. The predicted octanol–water partition coefficient (Wildman–Crippen LogP) is 2.27.